The molecular weight excluding hydrogens is 486 g/mol. The Morgan fingerprint density at radius 2 is 1.80 bits per heavy atom. The molecule has 2 aliphatic rings. The Kier molecular flexibility index (Phi) is 5.73. The Morgan fingerprint density at radius 3 is 2.49 bits per heavy atom. The number of benzene rings is 2. The van der Waals surface area contributed by atoms with Crippen molar-refractivity contribution in [1.82, 2.24) is 4.57 Å². The second-order valence-electron chi connectivity index (χ2n) is 8.66. The number of thiazole rings is 1. The zero-order valence-electron chi connectivity index (χ0n) is 19.5. The number of esters is 1. The van der Waals surface area contributed by atoms with Gasteiger partial charge in [-0.15, -0.1) is 0 Å². The van der Waals surface area contributed by atoms with Gasteiger partial charge in [0, 0.05) is 17.6 Å². The van der Waals surface area contributed by atoms with Gasteiger partial charge in [0.25, 0.3) is 11.5 Å². The predicted octanol–water partition coefficient (Wildman–Crippen LogP) is 3.19. The van der Waals surface area contributed by atoms with Crippen LogP contribution in [0.1, 0.15) is 37.9 Å². The number of amides is 1. The molecule has 0 saturated carbocycles. The van der Waals surface area contributed by atoms with Crippen LogP contribution in [0.5, 0.6) is 0 Å². The van der Waals surface area contributed by atoms with Gasteiger partial charge in [0.2, 0.25) is 0 Å². The van der Waals surface area contributed by atoms with Crippen molar-refractivity contribution >= 4 is 46.1 Å². The SMILES string of the molecule is CC1=C(C(=O)OC(C)C)[C@@H](c2ccc(Cl)cc2)n2c(s/c(=C3\C(=O)N(C)c4ccccc43)c2=O)=N1. The minimum absolute atomic E-state index is 0.255. The summed E-state index contributed by atoms with van der Waals surface area (Å²) >= 11 is 7.26. The molecule has 9 heteroatoms. The maximum absolute atomic E-state index is 13.9. The summed E-state index contributed by atoms with van der Waals surface area (Å²) in [6.07, 6.45) is -0.344. The fourth-order valence-corrected chi connectivity index (χ4v) is 5.72. The topological polar surface area (TPSA) is 81.0 Å². The lowest BCUT2D eigenvalue weighted by atomic mass is 9.96. The lowest BCUT2D eigenvalue weighted by Gasteiger charge is -2.25. The zero-order valence-corrected chi connectivity index (χ0v) is 21.1. The molecule has 1 atom stereocenters. The number of hydrogen-bond donors (Lipinski definition) is 0. The van der Waals surface area contributed by atoms with E-state index >= 15 is 0 Å². The Balaban J connectivity index is 1.82. The molecule has 0 saturated heterocycles. The van der Waals surface area contributed by atoms with Crippen molar-refractivity contribution in [3.8, 4) is 0 Å². The maximum Gasteiger partial charge on any atom is 0.338 e. The van der Waals surface area contributed by atoms with Crippen molar-refractivity contribution in [3.05, 3.63) is 95.6 Å². The van der Waals surface area contributed by atoms with E-state index in [9.17, 15) is 14.4 Å². The molecule has 0 unspecified atom stereocenters. The second kappa shape index (κ2) is 8.62. The van der Waals surface area contributed by atoms with Crippen LogP contribution in [0.4, 0.5) is 5.69 Å². The highest BCUT2D eigenvalue weighted by Crippen LogP contribution is 2.35. The molecule has 5 rings (SSSR count). The molecule has 35 heavy (non-hydrogen) atoms. The maximum atomic E-state index is 13.9. The zero-order chi connectivity index (χ0) is 25.0. The summed E-state index contributed by atoms with van der Waals surface area (Å²) in [4.78, 5) is 46.8. The van der Waals surface area contributed by atoms with E-state index in [2.05, 4.69) is 4.99 Å². The minimum Gasteiger partial charge on any atom is -0.459 e. The number of ether oxygens (including phenoxy) is 1. The van der Waals surface area contributed by atoms with Crippen LogP contribution in [0.3, 0.4) is 0 Å². The summed E-state index contributed by atoms with van der Waals surface area (Å²) in [6.45, 7) is 5.26. The normalized spacial score (nSPS) is 18.5. The fourth-order valence-electron chi connectivity index (χ4n) is 4.46. The number of anilines is 1. The number of likely N-dealkylation sites (N-methyl/N-ethyl adjacent to an activating group) is 1. The van der Waals surface area contributed by atoms with Crippen LogP contribution in [0, 0.1) is 0 Å². The Hall–Kier alpha value is -3.49. The van der Waals surface area contributed by atoms with Crippen molar-refractivity contribution < 1.29 is 14.3 Å². The smallest absolute Gasteiger partial charge is 0.338 e. The summed E-state index contributed by atoms with van der Waals surface area (Å²) in [5.74, 6) is -0.796. The fraction of sp³-hybridized carbons (Fsp3) is 0.231. The van der Waals surface area contributed by atoms with Gasteiger partial charge in [-0.05, 0) is 44.5 Å². The number of nitrogens with zero attached hydrogens (tertiary/aromatic N) is 3. The number of fused-ring (bicyclic) bond motifs is 2. The van der Waals surface area contributed by atoms with E-state index in [1.807, 2.05) is 24.3 Å². The summed E-state index contributed by atoms with van der Waals surface area (Å²) in [5, 5.41) is 0.534. The summed E-state index contributed by atoms with van der Waals surface area (Å²) in [7, 11) is 1.69. The molecule has 0 radical (unpaired) electrons. The first-order chi connectivity index (χ1) is 16.7. The van der Waals surface area contributed by atoms with E-state index < -0.39 is 12.0 Å². The molecule has 3 heterocycles. The molecule has 2 aliphatic heterocycles. The molecule has 3 aromatic rings. The molecule has 1 amide bonds. The van der Waals surface area contributed by atoms with Crippen LogP contribution in [-0.2, 0) is 14.3 Å². The first kappa shape index (κ1) is 23.3. The number of rotatable bonds is 3. The van der Waals surface area contributed by atoms with Gasteiger partial charge in [-0.3, -0.25) is 14.2 Å². The highest BCUT2D eigenvalue weighted by molar-refractivity contribution is 7.07. The third-order valence-corrected chi connectivity index (χ3v) is 7.33. The van der Waals surface area contributed by atoms with Crippen molar-refractivity contribution in [2.75, 3.05) is 11.9 Å². The van der Waals surface area contributed by atoms with Gasteiger partial charge in [-0.1, -0.05) is 53.3 Å². The average Bonchev–Trinajstić information content (AvgIpc) is 3.26. The molecular formula is C26H22ClN3O4S. The van der Waals surface area contributed by atoms with Crippen molar-refractivity contribution in [2.45, 2.75) is 32.9 Å². The standard InChI is InChI=1S/C26H22ClN3O4S/c1-13(2)34-25(33)19-14(3)28-26-30(21(19)15-9-11-16(27)12-10-15)24(32)22(35-26)20-17-7-5-6-8-18(17)29(4)23(20)31/h5-13,21H,1-4H3/b22-20-/t21-/m1/s1. The van der Waals surface area contributed by atoms with Crippen LogP contribution < -0.4 is 19.8 Å². The molecule has 2 aromatic carbocycles. The Morgan fingerprint density at radius 1 is 1.11 bits per heavy atom. The number of allylic oxidation sites excluding steroid dienone is 1. The van der Waals surface area contributed by atoms with Gasteiger partial charge in [0.15, 0.2) is 4.80 Å². The van der Waals surface area contributed by atoms with Gasteiger partial charge < -0.3 is 9.64 Å². The molecule has 0 fully saturated rings. The highest BCUT2D eigenvalue weighted by atomic mass is 35.5. The molecule has 0 aliphatic carbocycles. The number of hydrogen-bond acceptors (Lipinski definition) is 6. The summed E-state index contributed by atoms with van der Waals surface area (Å²) in [5.41, 5.74) is 2.82. The van der Waals surface area contributed by atoms with Gasteiger partial charge in [0.05, 0.1) is 34.7 Å². The van der Waals surface area contributed by atoms with E-state index in [0.29, 0.717) is 32.2 Å². The Labute approximate surface area is 210 Å². The van der Waals surface area contributed by atoms with Crippen molar-refractivity contribution in [3.63, 3.8) is 0 Å². The van der Waals surface area contributed by atoms with Gasteiger partial charge in [-0.2, -0.15) is 0 Å². The number of carbonyl (C=O) groups is 2. The van der Waals surface area contributed by atoms with E-state index in [0.717, 1.165) is 17.0 Å². The molecule has 178 valence electrons. The third-order valence-electron chi connectivity index (χ3n) is 6.03. The first-order valence-electron chi connectivity index (χ1n) is 11.1. The van der Waals surface area contributed by atoms with E-state index in [1.54, 1.807) is 52.1 Å². The molecule has 0 N–H and O–H groups in total. The Bertz CT molecular complexity index is 1600. The quantitative estimate of drug-likeness (QED) is 0.510. The summed E-state index contributed by atoms with van der Waals surface area (Å²) < 4.78 is 7.28. The van der Waals surface area contributed by atoms with E-state index in [-0.39, 0.29) is 27.7 Å². The first-order valence-corrected chi connectivity index (χ1v) is 12.3. The van der Waals surface area contributed by atoms with Crippen LogP contribution in [0.15, 0.2) is 69.6 Å². The molecule has 0 bridgehead atoms. The third kappa shape index (κ3) is 3.73. The average molecular weight is 508 g/mol. The largest absolute Gasteiger partial charge is 0.459 e. The highest BCUT2D eigenvalue weighted by Gasteiger charge is 2.36. The van der Waals surface area contributed by atoms with Crippen LogP contribution in [0.2, 0.25) is 5.02 Å². The lowest BCUT2D eigenvalue weighted by molar-refractivity contribution is -0.143. The second-order valence-corrected chi connectivity index (χ2v) is 10.1. The predicted molar refractivity (Wildman–Crippen MR) is 135 cm³/mol. The van der Waals surface area contributed by atoms with E-state index in [4.69, 9.17) is 16.3 Å². The van der Waals surface area contributed by atoms with Crippen LogP contribution in [0.25, 0.3) is 5.57 Å². The van der Waals surface area contributed by atoms with Gasteiger partial charge >= 0.3 is 5.97 Å². The number of carbonyl (C=O) groups excluding carboxylic acids is 2. The van der Waals surface area contributed by atoms with Gasteiger partial charge in [-0.25, -0.2) is 9.79 Å². The van der Waals surface area contributed by atoms with Crippen molar-refractivity contribution in [1.29, 1.82) is 0 Å². The molecule has 0 spiro atoms. The summed E-state index contributed by atoms with van der Waals surface area (Å²) in [6, 6.07) is 13.6. The molecule has 1 aromatic heterocycles. The number of aromatic nitrogens is 1. The monoisotopic (exact) mass is 507 g/mol. The lowest BCUT2D eigenvalue weighted by Crippen LogP contribution is -2.41. The number of para-hydroxylation sites is 1. The van der Waals surface area contributed by atoms with Gasteiger partial charge in [0.1, 0.15) is 4.53 Å². The van der Waals surface area contributed by atoms with Crippen LogP contribution in [-0.4, -0.2) is 29.6 Å². The van der Waals surface area contributed by atoms with Crippen LogP contribution >= 0.6 is 22.9 Å². The molecule has 7 nitrogen and oxygen atoms in total. The van der Waals surface area contributed by atoms with E-state index in [1.165, 1.54) is 9.47 Å². The minimum atomic E-state index is -0.770. The number of halogens is 1. The van der Waals surface area contributed by atoms with Crippen molar-refractivity contribution in [2.24, 2.45) is 4.99 Å².